The molecule has 0 unspecified atom stereocenters. The average Bonchev–Trinajstić information content (AvgIpc) is 3.35. The van der Waals surface area contributed by atoms with Crippen LogP contribution >= 0.6 is 11.3 Å². The summed E-state index contributed by atoms with van der Waals surface area (Å²) in [4.78, 5) is 21.5. The zero-order chi connectivity index (χ0) is 18.6. The number of hydrogen-bond acceptors (Lipinski definition) is 6. The highest BCUT2D eigenvalue weighted by molar-refractivity contribution is 7.13. The number of nitrogens with one attached hydrogen (secondary N) is 1. The normalized spacial score (nSPS) is 15.1. The van der Waals surface area contributed by atoms with Crippen molar-refractivity contribution >= 4 is 28.6 Å². The molecule has 0 atom stereocenters. The predicted octanol–water partition coefficient (Wildman–Crippen LogP) is 3.34. The van der Waals surface area contributed by atoms with E-state index in [2.05, 4.69) is 39.3 Å². The second kappa shape index (κ2) is 7.94. The van der Waals surface area contributed by atoms with Gasteiger partial charge >= 0.3 is 0 Å². The maximum atomic E-state index is 12.3. The van der Waals surface area contributed by atoms with Crippen molar-refractivity contribution in [3.8, 4) is 10.8 Å². The van der Waals surface area contributed by atoms with Gasteiger partial charge in [0.2, 0.25) is 5.91 Å². The topological polar surface area (TPSA) is 61.6 Å². The number of rotatable bonds is 5. The summed E-state index contributed by atoms with van der Waals surface area (Å²) in [7, 11) is 2.15. The summed E-state index contributed by atoms with van der Waals surface area (Å²) in [6, 6.07) is 11.7. The van der Waals surface area contributed by atoms with Crippen molar-refractivity contribution in [3.05, 3.63) is 53.7 Å². The average molecular weight is 382 g/mol. The van der Waals surface area contributed by atoms with Gasteiger partial charge in [0.1, 0.15) is 0 Å². The van der Waals surface area contributed by atoms with E-state index >= 15 is 0 Å². The Kier molecular flexibility index (Phi) is 5.22. The van der Waals surface area contributed by atoms with Gasteiger partial charge in [0.25, 0.3) is 0 Å². The van der Waals surface area contributed by atoms with Gasteiger partial charge in [-0.3, -0.25) is 4.79 Å². The summed E-state index contributed by atoms with van der Waals surface area (Å²) in [5, 5.41) is 5.63. The summed E-state index contributed by atoms with van der Waals surface area (Å²) in [6.45, 7) is 4.21. The van der Waals surface area contributed by atoms with Gasteiger partial charge in [0.15, 0.2) is 10.8 Å². The first-order valence-electron chi connectivity index (χ1n) is 8.99. The summed E-state index contributed by atoms with van der Waals surface area (Å²) in [5.74, 6) is 0.657. The van der Waals surface area contributed by atoms with Gasteiger partial charge in [-0.25, -0.2) is 4.98 Å². The van der Waals surface area contributed by atoms with Crippen LogP contribution in [-0.2, 0) is 11.2 Å². The third-order valence-electron chi connectivity index (χ3n) is 4.64. The number of carbonyl (C=O) groups excluding carboxylic acids is 1. The van der Waals surface area contributed by atoms with Gasteiger partial charge in [-0.2, -0.15) is 0 Å². The lowest BCUT2D eigenvalue weighted by atomic mass is 10.2. The first-order valence-corrected chi connectivity index (χ1v) is 9.87. The van der Waals surface area contributed by atoms with E-state index in [4.69, 9.17) is 4.42 Å². The molecular weight excluding hydrogens is 360 g/mol. The van der Waals surface area contributed by atoms with Crippen LogP contribution in [0, 0.1) is 0 Å². The van der Waals surface area contributed by atoms with Crippen LogP contribution in [0.25, 0.3) is 10.8 Å². The van der Waals surface area contributed by atoms with Crippen LogP contribution in [-0.4, -0.2) is 49.0 Å². The lowest BCUT2D eigenvalue weighted by Crippen LogP contribution is -2.44. The zero-order valence-electron chi connectivity index (χ0n) is 15.2. The Morgan fingerprint density at radius 2 is 1.96 bits per heavy atom. The van der Waals surface area contributed by atoms with Crippen LogP contribution in [0.4, 0.5) is 11.4 Å². The smallest absolute Gasteiger partial charge is 0.230 e. The van der Waals surface area contributed by atoms with Gasteiger partial charge in [-0.1, -0.05) is 0 Å². The zero-order valence-corrected chi connectivity index (χ0v) is 16.0. The molecule has 1 aliphatic heterocycles. The van der Waals surface area contributed by atoms with Gasteiger partial charge < -0.3 is 19.5 Å². The standard InChI is InChI=1S/C20H22N4O2S/c1-23-8-10-24(11-9-23)17-6-4-15(5-7-17)21-19(25)13-16-14-27-20(22-16)18-3-2-12-26-18/h2-7,12,14H,8-11,13H2,1H3,(H,21,25). The van der Waals surface area contributed by atoms with Crippen molar-refractivity contribution in [3.63, 3.8) is 0 Å². The molecule has 4 rings (SSSR count). The first kappa shape index (κ1) is 17.8. The van der Waals surface area contributed by atoms with Gasteiger partial charge in [0.05, 0.1) is 18.4 Å². The molecule has 7 heteroatoms. The summed E-state index contributed by atoms with van der Waals surface area (Å²) >= 11 is 1.48. The number of benzene rings is 1. The van der Waals surface area contributed by atoms with Crippen molar-refractivity contribution in [2.24, 2.45) is 0 Å². The largest absolute Gasteiger partial charge is 0.462 e. The first-order chi connectivity index (χ1) is 13.2. The molecule has 3 heterocycles. The quantitative estimate of drug-likeness (QED) is 0.733. The minimum atomic E-state index is -0.0707. The molecule has 0 bridgehead atoms. The number of aromatic nitrogens is 1. The second-order valence-corrected chi connectivity index (χ2v) is 7.54. The highest BCUT2D eigenvalue weighted by Gasteiger charge is 2.14. The summed E-state index contributed by atoms with van der Waals surface area (Å²) in [6.07, 6.45) is 1.87. The van der Waals surface area contributed by atoms with Crippen LogP contribution in [0.1, 0.15) is 5.69 Å². The molecule has 2 aromatic heterocycles. The maximum Gasteiger partial charge on any atom is 0.230 e. The van der Waals surface area contributed by atoms with Gasteiger partial charge in [-0.05, 0) is 43.4 Å². The number of thiazole rings is 1. The highest BCUT2D eigenvalue weighted by atomic mass is 32.1. The Hall–Kier alpha value is -2.64. The molecule has 0 spiro atoms. The molecule has 1 saturated heterocycles. The Bertz CT molecular complexity index is 881. The van der Waals surface area contributed by atoms with Crippen LogP contribution in [0.3, 0.4) is 0 Å². The van der Waals surface area contributed by atoms with E-state index in [1.807, 2.05) is 29.6 Å². The Morgan fingerprint density at radius 1 is 1.19 bits per heavy atom. The Labute approximate surface area is 162 Å². The minimum absolute atomic E-state index is 0.0707. The molecule has 1 N–H and O–H groups in total. The molecule has 0 radical (unpaired) electrons. The van der Waals surface area contributed by atoms with Crippen molar-refractivity contribution in [1.29, 1.82) is 0 Å². The highest BCUT2D eigenvalue weighted by Crippen LogP contribution is 2.24. The van der Waals surface area contributed by atoms with E-state index in [0.717, 1.165) is 48.3 Å². The molecule has 140 valence electrons. The Morgan fingerprint density at radius 3 is 2.67 bits per heavy atom. The molecule has 0 saturated carbocycles. The number of piperazine rings is 1. The molecule has 1 amide bonds. The minimum Gasteiger partial charge on any atom is -0.462 e. The fourth-order valence-electron chi connectivity index (χ4n) is 3.09. The number of hydrogen-bond donors (Lipinski definition) is 1. The molecule has 1 fully saturated rings. The number of amides is 1. The van der Waals surface area contributed by atoms with Gasteiger partial charge in [-0.15, -0.1) is 11.3 Å². The SMILES string of the molecule is CN1CCN(c2ccc(NC(=O)Cc3csc(-c4ccco4)n3)cc2)CC1. The molecule has 3 aromatic rings. The number of furan rings is 1. The van der Waals surface area contributed by atoms with Crippen LogP contribution in [0.15, 0.2) is 52.5 Å². The third kappa shape index (κ3) is 4.37. The van der Waals surface area contributed by atoms with E-state index in [-0.39, 0.29) is 12.3 Å². The number of likely N-dealkylation sites (N-methyl/N-ethyl adjacent to an activating group) is 1. The fraction of sp³-hybridized carbons (Fsp3) is 0.300. The van der Waals surface area contributed by atoms with Crippen molar-refractivity contribution in [1.82, 2.24) is 9.88 Å². The lowest BCUT2D eigenvalue weighted by molar-refractivity contribution is -0.115. The number of carbonyl (C=O) groups is 1. The van der Waals surface area contributed by atoms with E-state index in [0.29, 0.717) is 0 Å². The van der Waals surface area contributed by atoms with E-state index in [9.17, 15) is 4.79 Å². The third-order valence-corrected chi connectivity index (χ3v) is 5.55. The van der Waals surface area contributed by atoms with Crippen LogP contribution < -0.4 is 10.2 Å². The molecule has 1 aromatic carbocycles. The van der Waals surface area contributed by atoms with E-state index in [1.54, 1.807) is 6.26 Å². The number of nitrogens with zero attached hydrogens (tertiary/aromatic N) is 3. The molecule has 1 aliphatic rings. The maximum absolute atomic E-state index is 12.3. The number of anilines is 2. The van der Waals surface area contributed by atoms with Crippen molar-refractivity contribution < 1.29 is 9.21 Å². The monoisotopic (exact) mass is 382 g/mol. The van der Waals surface area contributed by atoms with Crippen molar-refractivity contribution in [2.75, 3.05) is 43.4 Å². The Balaban J connectivity index is 1.33. The fourth-order valence-corrected chi connectivity index (χ4v) is 3.88. The molecule has 27 heavy (non-hydrogen) atoms. The lowest BCUT2D eigenvalue weighted by Gasteiger charge is -2.34. The molecular formula is C20H22N4O2S. The predicted molar refractivity (Wildman–Crippen MR) is 108 cm³/mol. The van der Waals surface area contributed by atoms with E-state index in [1.165, 1.54) is 17.0 Å². The summed E-state index contributed by atoms with van der Waals surface area (Å²) in [5.41, 5.74) is 2.75. The van der Waals surface area contributed by atoms with Crippen LogP contribution in [0.5, 0.6) is 0 Å². The van der Waals surface area contributed by atoms with Crippen molar-refractivity contribution in [2.45, 2.75) is 6.42 Å². The molecule has 6 nitrogen and oxygen atoms in total. The summed E-state index contributed by atoms with van der Waals surface area (Å²) < 4.78 is 5.34. The van der Waals surface area contributed by atoms with Crippen LogP contribution in [0.2, 0.25) is 0 Å². The second-order valence-electron chi connectivity index (χ2n) is 6.68. The van der Waals surface area contributed by atoms with Gasteiger partial charge in [0, 0.05) is 42.9 Å². The van der Waals surface area contributed by atoms with E-state index < -0.39 is 0 Å². The molecule has 0 aliphatic carbocycles.